The molecule has 1 aliphatic rings. The molecule has 0 saturated carbocycles. The molecule has 1 aliphatic heterocycles. The standard InChI is InChI=1S/C23H26BrFN4O3/c1-23(2,3)32-21(31)9-15-5-4-8-28(12-15)20(30)14-29-13-18(24)22(27-29)16-6-7-17(11-26)19(25)10-16/h6-7,10,13,15H,4-5,8-9,12,14H2,1-3H3/t15-/m0/s1. The van der Waals surface area contributed by atoms with Gasteiger partial charge in [-0.15, -0.1) is 0 Å². The highest BCUT2D eigenvalue weighted by Crippen LogP contribution is 2.28. The summed E-state index contributed by atoms with van der Waals surface area (Å²) in [6.07, 6.45) is 3.68. The molecule has 1 amide bonds. The summed E-state index contributed by atoms with van der Waals surface area (Å²) in [7, 11) is 0. The van der Waals surface area contributed by atoms with Gasteiger partial charge < -0.3 is 9.64 Å². The number of aromatic nitrogens is 2. The molecule has 1 atom stereocenters. The van der Waals surface area contributed by atoms with Gasteiger partial charge in [0.05, 0.1) is 16.5 Å². The second kappa shape index (κ2) is 9.82. The van der Waals surface area contributed by atoms with Crippen LogP contribution in [0.2, 0.25) is 0 Å². The van der Waals surface area contributed by atoms with Gasteiger partial charge in [-0.25, -0.2) is 4.39 Å². The molecule has 170 valence electrons. The molecular weight excluding hydrogens is 479 g/mol. The molecule has 3 rings (SSSR count). The molecule has 1 fully saturated rings. The highest BCUT2D eigenvalue weighted by molar-refractivity contribution is 9.10. The van der Waals surface area contributed by atoms with Crippen LogP contribution >= 0.6 is 15.9 Å². The summed E-state index contributed by atoms with van der Waals surface area (Å²) in [5.74, 6) is -0.880. The van der Waals surface area contributed by atoms with Crippen LogP contribution in [0.3, 0.4) is 0 Å². The van der Waals surface area contributed by atoms with Crippen molar-refractivity contribution in [2.45, 2.75) is 52.2 Å². The topological polar surface area (TPSA) is 88.2 Å². The number of carbonyl (C=O) groups excluding carboxylic acids is 2. The van der Waals surface area contributed by atoms with Crippen molar-refractivity contribution in [3.8, 4) is 17.3 Å². The zero-order chi connectivity index (χ0) is 23.5. The number of esters is 1. The largest absolute Gasteiger partial charge is 0.460 e. The average molecular weight is 505 g/mol. The highest BCUT2D eigenvalue weighted by Gasteiger charge is 2.27. The Kier molecular flexibility index (Phi) is 7.34. The van der Waals surface area contributed by atoms with E-state index in [4.69, 9.17) is 10.00 Å². The number of piperidine rings is 1. The van der Waals surface area contributed by atoms with Gasteiger partial charge in [-0.05, 0) is 67.6 Å². The summed E-state index contributed by atoms with van der Waals surface area (Å²) in [5.41, 5.74) is 0.438. The molecule has 7 nitrogen and oxygen atoms in total. The van der Waals surface area contributed by atoms with Crippen molar-refractivity contribution in [3.05, 3.63) is 40.2 Å². The Hall–Kier alpha value is -2.73. The van der Waals surface area contributed by atoms with E-state index in [0.29, 0.717) is 35.2 Å². The van der Waals surface area contributed by atoms with Gasteiger partial charge in [-0.1, -0.05) is 6.07 Å². The first-order valence-electron chi connectivity index (χ1n) is 10.5. The van der Waals surface area contributed by atoms with Gasteiger partial charge in [0, 0.05) is 24.8 Å². The van der Waals surface area contributed by atoms with E-state index in [1.165, 1.54) is 16.8 Å². The van der Waals surface area contributed by atoms with Crippen molar-refractivity contribution in [2.24, 2.45) is 5.92 Å². The summed E-state index contributed by atoms with van der Waals surface area (Å²) < 4.78 is 21.5. The molecule has 0 N–H and O–H groups in total. The Morgan fingerprint density at radius 3 is 2.78 bits per heavy atom. The molecule has 0 aliphatic carbocycles. The minimum Gasteiger partial charge on any atom is -0.460 e. The van der Waals surface area contributed by atoms with E-state index in [2.05, 4.69) is 21.0 Å². The number of benzene rings is 1. The number of carbonyl (C=O) groups is 2. The van der Waals surface area contributed by atoms with Gasteiger partial charge in [-0.2, -0.15) is 10.4 Å². The van der Waals surface area contributed by atoms with Crippen LogP contribution in [-0.4, -0.2) is 45.2 Å². The zero-order valence-electron chi connectivity index (χ0n) is 18.4. The summed E-state index contributed by atoms with van der Waals surface area (Å²) in [6.45, 7) is 6.70. The van der Waals surface area contributed by atoms with Crippen LogP contribution in [0.25, 0.3) is 11.3 Å². The van der Waals surface area contributed by atoms with Crippen LogP contribution in [0.1, 0.15) is 45.6 Å². The lowest BCUT2D eigenvalue weighted by atomic mass is 9.94. The van der Waals surface area contributed by atoms with E-state index in [9.17, 15) is 14.0 Å². The van der Waals surface area contributed by atoms with E-state index in [-0.39, 0.29) is 29.9 Å². The minimum absolute atomic E-state index is 0.0366. The number of nitrogens with zero attached hydrogens (tertiary/aromatic N) is 4. The molecule has 9 heteroatoms. The summed E-state index contributed by atoms with van der Waals surface area (Å²) in [6, 6.07) is 6.07. The first-order valence-corrected chi connectivity index (χ1v) is 11.3. The van der Waals surface area contributed by atoms with Crippen molar-refractivity contribution >= 4 is 27.8 Å². The Morgan fingerprint density at radius 1 is 1.38 bits per heavy atom. The van der Waals surface area contributed by atoms with Crippen LogP contribution < -0.4 is 0 Å². The molecule has 1 aromatic heterocycles. The zero-order valence-corrected chi connectivity index (χ0v) is 20.0. The summed E-state index contributed by atoms with van der Waals surface area (Å²) >= 11 is 3.41. The summed E-state index contributed by atoms with van der Waals surface area (Å²) in [4.78, 5) is 26.8. The number of likely N-dealkylation sites (tertiary alicyclic amines) is 1. The molecule has 2 heterocycles. The average Bonchev–Trinajstić information content (AvgIpc) is 3.06. The van der Waals surface area contributed by atoms with E-state index in [1.54, 1.807) is 23.2 Å². The second-order valence-corrected chi connectivity index (χ2v) is 9.82. The van der Waals surface area contributed by atoms with Gasteiger partial charge in [-0.3, -0.25) is 14.3 Å². The Labute approximate surface area is 195 Å². The molecule has 0 radical (unpaired) electrons. The normalized spacial score (nSPS) is 16.5. The predicted octanol–water partition coefficient (Wildman–Crippen LogP) is 4.29. The maximum absolute atomic E-state index is 14.0. The van der Waals surface area contributed by atoms with Crippen molar-refractivity contribution in [2.75, 3.05) is 13.1 Å². The maximum Gasteiger partial charge on any atom is 0.306 e. The van der Waals surface area contributed by atoms with Gasteiger partial charge in [0.15, 0.2) is 0 Å². The molecule has 1 aromatic carbocycles. The smallest absolute Gasteiger partial charge is 0.306 e. The van der Waals surface area contributed by atoms with Gasteiger partial charge >= 0.3 is 5.97 Å². The molecule has 2 aromatic rings. The molecule has 0 spiro atoms. The van der Waals surface area contributed by atoms with E-state index < -0.39 is 11.4 Å². The predicted molar refractivity (Wildman–Crippen MR) is 120 cm³/mol. The summed E-state index contributed by atoms with van der Waals surface area (Å²) in [5, 5.41) is 13.3. The molecule has 32 heavy (non-hydrogen) atoms. The fourth-order valence-electron chi connectivity index (χ4n) is 3.74. The van der Waals surface area contributed by atoms with Crippen LogP contribution in [0, 0.1) is 23.1 Å². The third-order valence-electron chi connectivity index (χ3n) is 5.12. The lowest BCUT2D eigenvalue weighted by molar-refractivity contribution is -0.157. The first-order chi connectivity index (χ1) is 15.1. The van der Waals surface area contributed by atoms with Crippen LogP contribution in [0.4, 0.5) is 4.39 Å². The van der Waals surface area contributed by atoms with Crippen molar-refractivity contribution in [3.63, 3.8) is 0 Å². The lowest BCUT2D eigenvalue weighted by Gasteiger charge is -2.33. The van der Waals surface area contributed by atoms with Gasteiger partial charge in [0.1, 0.15) is 29.7 Å². The third-order valence-corrected chi connectivity index (χ3v) is 5.70. The van der Waals surface area contributed by atoms with Crippen LogP contribution in [-0.2, 0) is 20.9 Å². The SMILES string of the molecule is CC(C)(C)OC(=O)C[C@@H]1CCCN(C(=O)Cn2cc(Br)c(-c3ccc(C#N)c(F)c3)n2)C1. The van der Waals surface area contributed by atoms with Gasteiger partial charge in [0.25, 0.3) is 0 Å². The van der Waals surface area contributed by atoms with Gasteiger partial charge in [0.2, 0.25) is 5.91 Å². The van der Waals surface area contributed by atoms with Crippen molar-refractivity contribution in [1.82, 2.24) is 14.7 Å². The van der Waals surface area contributed by atoms with Crippen LogP contribution in [0.5, 0.6) is 0 Å². The lowest BCUT2D eigenvalue weighted by Crippen LogP contribution is -2.42. The van der Waals surface area contributed by atoms with Crippen molar-refractivity contribution in [1.29, 1.82) is 5.26 Å². The highest BCUT2D eigenvalue weighted by atomic mass is 79.9. The number of halogens is 2. The second-order valence-electron chi connectivity index (χ2n) is 8.97. The molecule has 0 bridgehead atoms. The minimum atomic E-state index is -0.619. The van der Waals surface area contributed by atoms with E-state index in [0.717, 1.165) is 12.8 Å². The number of ether oxygens (including phenoxy) is 1. The number of rotatable bonds is 5. The fraction of sp³-hybridized carbons (Fsp3) is 0.478. The number of amides is 1. The quantitative estimate of drug-likeness (QED) is 0.566. The van der Waals surface area contributed by atoms with Crippen molar-refractivity contribution < 1.29 is 18.7 Å². The first kappa shape index (κ1) is 23.9. The van der Waals surface area contributed by atoms with E-state index >= 15 is 0 Å². The monoisotopic (exact) mass is 504 g/mol. The number of nitriles is 1. The Morgan fingerprint density at radius 2 is 2.12 bits per heavy atom. The Balaban J connectivity index is 1.63. The molecule has 1 saturated heterocycles. The number of hydrogen-bond acceptors (Lipinski definition) is 5. The van der Waals surface area contributed by atoms with E-state index in [1.807, 2.05) is 20.8 Å². The van der Waals surface area contributed by atoms with Crippen LogP contribution in [0.15, 0.2) is 28.9 Å². The molecule has 0 unspecified atom stereocenters. The maximum atomic E-state index is 14.0. The molecular formula is C23H26BrFN4O3. The Bertz CT molecular complexity index is 1050. The third kappa shape index (κ3) is 6.16. The fourth-order valence-corrected chi connectivity index (χ4v) is 4.29. The number of hydrogen-bond donors (Lipinski definition) is 0.